The van der Waals surface area contributed by atoms with E-state index >= 15 is 0 Å². The van der Waals surface area contributed by atoms with Gasteiger partial charge in [0.25, 0.3) is 0 Å². The molecule has 1 aliphatic rings. The van der Waals surface area contributed by atoms with Crippen LogP contribution in [0.3, 0.4) is 0 Å². The number of aliphatic imine (C=N–C) groups is 1. The molecule has 0 fully saturated rings. The first-order valence-corrected chi connectivity index (χ1v) is 10.1. The summed E-state index contributed by atoms with van der Waals surface area (Å²) in [7, 11) is 0. The number of hydrogen-bond acceptors (Lipinski definition) is 7. The summed E-state index contributed by atoms with van der Waals surface area (Å²) in [6.07, 6.45) is 1.74. The molecule has 0 aliphatic carbocycles. The Labute approximate surface area is 178 Å². The minimum atomic E-state index is -0.519. The Bertz CT molecular complexity index is 974. The fourth-order valence-electron chi connectivity index (χ4n) is 2.52. The Hall–Kier alpha value is -3.59. The van der Waals surface area contributed by atoms with Crippen LogP contribution < -0.4 is 15.8 Å². The summed E-state index contributed by atoms with van der Waals surface area (Å²) in [4.78, 5) is 27.8. The van der Waals surface area contributed by atoms with Crippen molar-refractivity contribution in [2.45, 2.75) is 0 Å². The van der Waals surface area contributed by atoms with E-state index in [9.17, 15) is 9.59 Å². The number of amidine groups is 1. The van der Waals surface area contributed by atoms with Gasteiger partial charge in [-0.1, -0.05) is 36.0 Å². The second-order valence-electron chi connectivity index (χ2n) is 6.22. The standard InChI is InChI=1S/C21H21N5O3S/c1-2-12-26-13-19(29-17-6-4-3-5-7-17)24-21(25-26)30-14-18(27)23-16-10-8-15(9-11-16)20(22)28/h2-11H,1,12-14H2,(H2,22,28)(H,23,27). The minimum Gasteiger partial charge on any atom is -0.441 e. The first-order valence-electron chi connectivity index (χ1n) is 9.11. The molecule has 0 spiro atoms. The van der Waals surface area contributed by atoms with Gasteiger partial charge in [-0.2, -0.15) is 4.99 Å². The van der Waals surface area contributed by atoms with Crippen LogP contribution in [0.4, 0.5) is 5.69 Å². The molecule has 0 bridgehead atoms. The van der Waals surface area contributed by atoms with Crippen molar-refractivity contribution in [2.24, 2.45) is 15.8 Å². The third-order valence-electron chi connectivity index (χ3n) is 3.87. The lowest BCUT2D eigenvalue weighted by molar-refractivity contribution is -0.113. The molecule has 2 aromatic carbocycles. The quantitative estimate of drug-likeness (QED) is 0.666. The van der Waals surface area contributed by atoms with E-state index in [1.807, 2.05) is 30.3 Å². The molecule has 30 heavy (non-hydrogen) atoms. The number of hydrazone groups is 1. The number of nitrogens with zero attached hydrogens (tertiary/aromatic N) is 3. The van der Waals surface area contributed by atoms with Gasteiger partial charge in [-0.3, -0.25) is 14.6 Å². The number of para-hydroxylation sites is 1. The topological polar surface area (TPSA) is 109 Å². The Morgan fingerprint density at radius 1 is 1.20 bits per heavy atom. The van der Waals surface area contributed by atoms with Crippen molar-refractivity contribution in [3.05, 3.63) is 72.8 Å². The zero-order chi connectivity index (χ0) is 21.3. The van der Waals surface area contributed by atoms with Crippen molar-refractivity contribution in [3.63, 3.8) is 0 Å². The summed E-state index contributed by atoms with van der Waals surface area (Å²) >= 11 is 1.20. The second-order valence-corrected chi connectivity index (χ2v) is 7.16. The monoisotopic (exact) mass is 423 g/mol. The molecule has 0 saturated carbocycles. The van der Waals surface area contributed by atoms with Gasteiger partial charge in [-0.15, -0.1) is 11.7 Å². The van der Waals surface area contributed by atoms with Crippen molar-refractivity contribution in [1.82, 2.24) is 5.01 Å². The number of carbonyl (C=O) groups is 2. The smallest absolute Gasteiger partial charge is 0.248 e. The molecule has 9 heteroatoms. The van der Waals surface area contributed by atoms with Gasteiger partial charge < -0.3 is 15.8 Å². The highest BCUT2D eigenvalue weighted by molar-refractivity contribution is 8.14. The summed E-state index contributed by atoms with van der Waals surface area (Å²) in [6.45, 7) is 4.67. The van der Waals surface area contributed by atoms with Crippen LogP contribution in [0.1, 0.15) is 10.4 Å². The van der Waals surface area contributed by atoms with Gasteiger partial charge in [0, 0.05) is 11.3 Å². The normalized spacial score (nSPS) is 13.1. The first kappa shape index (κ1) is 21.1. The third-order valence-corrected chi connectivity index (χ3v) is 4.71. The van der Waals surface area contributed by atoms with Crippen LogP contribution in [-0.2, 0) is 4.79 Å². The predicted octanol–water partition coefficient (Wildman–Crippen LogP) is 2.71. The molecular weight excluding hydrogens is 402 g/mol. The SMILES string of the molecule is C=CCN1CC(Oc2ccccc2)=NC(SCC(=O)Nc2ccc(C(N)=O)cc2)=N1. The molecule has 3 N–H and O–H groups in total. The number of ether oxygens (including phenoxy) is 1. The van der Waals surface area contributed by atoms with Crippen LogP contribution in [0, 0.1) is 0 Å². The minimum absolute atomic E-state index is 0.112. The Morgan fingerprint density at radius 2 is 1.93 bits per heavy atom. The third kappa shape index (κ3) is 6.21. The molecule has 1 heterocycles. The van der Waals surface area contributed by atoms with Gasteiger partial charge >= 0.3 is 0 Å². The van der Waals surface area contributed by atoms with Crippen molar-refractivity contribution < 1.29 is 14.3 Å². The van der Waals surface area contributed by atoms with Gasteiger partial charge in [0.1, 0.15) is 12.3 Å². The van der Waals surface area contributed by atoms with Crippen LogP contribution in [0.15, 0.2) is 77.3 Å². The fourth-order valence-corrected chi connectivity index (χ4v) is 3.19. The summed E-state index contributed by atoms with van der Waals surface area (Å²) in [5.74, 6) is 0.534. The zero-order valence-corrected chi connectivity index (χ0v) is 17.0. The first-order chi connectivity index (χ1) is 14.5. The molecule has 0 unspecified atom stereocenters. The number of nitrogens with one attached hydrogen (secondary N) is 1. The summed E-state index contributed by atoms with van der Waals surface area (Å²) in [5, 5.41) is 9.36. The highest BCUT2D eigenvalue weighted by atomic mass is 32.2. The van der Waals surface area contributed by atoms with Crippen LogP contribution in [0.2, 0.25) is 0 Å². The zero-order valence-electron chi connectivity index (χ0n) is 16.2. The predicted molar refractivity (Wildman–Crippen MR) is 120 cm³/mol. The molecule has 0 radical (unpaired) electrons. The average molecular weight is 423 g/mol. The fraction of sp³-hybridized carbons (Fsp3) is 0.143. The highest BCUT2D eigenvalue weighted by Crippen LogP contribution is 2.16. The highest BCUT2D eigenvalue weighted by Gasteiger charge is 2.18. The molecule has 154 valence electrons. The molecule has 3 rings (SSSR count). The Morgan fingerprint density at radius 3 is 2.60 bits per heavy atom. The maximum Gasteiger partial charge on any atom is 0.248 e. The lowest BCUT2D eigenvalue weighted by atomic mass is 10.2. The van der Waals surface area contributed by atoms with Gasteiger partial charge in [0.05, 0.1) is 12.3 Å². The summed E-state index contributed by atoms with van der Waals surface area (Å²) < 4.78 is 5.84. The van der Waals surface area contributed by atoms with E-state index in [0.717, 1.165) is 0 Å². The number of primary amides is 1. The van der Waals surface area contributed by atoms with E-state index in [1.165, 1.54) is 11.8 Å². The van der Waals surface area contributed by atoms with Gasteiger partial charge in [-0.05, 0) is 36.4 Å². The van der Waals surface area contributed by atoms with Crippen LogP contribution in [-0.4, -0.2) is 46.7 Å². The van der Waals surface area contributed by atoms with Gasteiger partial charge in [0.15, 0.2) is 0 Å². The number of anilines is 1. The van der Waals surface area contributed by atoms with Crippen molar-refractivity contribution >= 4 is 40.3 Å². The lowest BCUT2D eigenvalue weighted by Gasteiger charge is -2.23. The van der Waals surface area contributed by atoms with E-state index in [0.29, 0.717) is 41.2 Å². The number of thioether (sulfide) groups is 1. The molecule has 0 atom stereocenters. The largest absolute Gasteiger partial charge is 0.441 e. The van der Waals surface area contributed by atoms with Crippen molar-refractivity contribution in [2.75, 3.05) is 24.2 Å². The number of hydrogen-bond donors (Lipinski definition) is 2. The van der Waals surface area contributed by atoms with Crippen molar-refractivity contribution in [1.29, 1.82) is 0 Å². The van der Waals surface area contributed by atoms with E-state index in [1.54, 1.807) is 35.4 Å². The number of amides is 2. The molecular formula is C21H21N5O3S. The molecule has 2 amide bonds. The van der Waals surface area contributed by atoms with E-state index in [4.69, 9.17) is 10.5 Å². The maximum absolute atomic E-state index is 12.3. The number of benzene rings is 2. The summed E-state index contributed by atoms with van der Waals surface area (Å²) in [6, 6.07) is 15.7. The lowest BCUT2D eigenvalue weighted by Crippen LogP contribution is -2.33. The molecule has 1 aliphatic heterocycles. The van der Waals surface area contributed by atoms with Crippen LogP contribution in [0.5, 0.6) is 5.75 Å². The van der Waals surface area contributed by atoms with E-state index in [2.05, 4.69) is 22.0 Å². The van der Waals surface area contributed by atoms with Crippen LogP contribution in [0.25, 0.3) is 0 Å². The Kier molecular flexibility index (Phi) is 7.23. The number of nitrogens with two attached hydrogens (primary N) is 1. The van der Waals surface area contributed by atoms with Crippen LogP contribution >= 0.6 is 11.8 Å². The van der Waals surface area contributed by atoms with Gasteiger partial charge in [-0.25, -0.2) is 0 Å². The average Bonchev–Trinajstić information content (AvgIpc) is 2.73. The van der Waals surface area contributed by atoms with Gasteiger partial charge in [0.2, 0.25) is 22.9 Å². The molecule has 0 aromatic heterocycles. The summed E-state index contributed by atoms with van der Waals surface area (Å²) in [5.41, 5.74) is 6.16. The molecule has 8 nitrogen and oxygen atoms in total. The number of rotatable bonds is 7. The van der Waals surface area contributed by atoms with E-state index in [-0.39, 0.29) is 11.7 Å². The van der Waals surface area contributed by atoms with E-state index < -0.39 is 5.91 Å². The maximum atomic E-state index is 12.3. The second kappa shape index (κ2) is 10.3. The Balaban J connectivity index is 1.60. The number of carbonyl (C=O) groups excluding carboxylic acids is 2. The molecule has 2 aromatic rings. The van der Waals surface area contributed by atoms with Crippen molar-refractivity contribution in [3.8, 4) is 5.75 Å². The molecule has 0 saturated heterocycles.